The van der Waals surface area contributed by atoms with Crippen molar-refractivity contribution in [2.24, 2.45) is 5.10 Å². The number of hydrogen-bond donors (Lipinski definition) is 1. The van der Waals surface area contributed by atoms with E-state index < -0.39 is 0 Å². The maximum absolute atomic E-state index is 4.56. The molecule has 3 aromatic rings. The zero-order valence-corrected chi connectivity index (χ0v) is 13.3. The minimum Gasteiger partial charge on any atom is -0.264 e. The summed E-state index contributed by atoms with van der Waals surface area (Å²) in [6, 6.07) is 12.2. The van der Waals surface area contributed by atoms with Crippen LogP contribution >= 0.6 is 11.3 Å². The number of aryl methyl sites for hydroxylation is 1. The van der Waals surface area contributed by atoms with Crippen molar-refractivity contribution in [3.05, 3.63) is 65.3 Å². The van der Waals surface area contributed by atoms with Crippen molar-refractivity contribution in [2.75, 3.05) is 5.43 Å². The molecule has 22 heavy (non-hydrogen) atoms. The fourth-order valence-electron chi connectivity index (χ4n) is 1.96. The van der Waals surface area contributed by atoms with Gasteiger partial charge in [-0.05, 0) is 19.9 Å². The second-order valence-corrected chi connectivity index (χ2v) is 5.81. The first-order valence-corrected chi connectivity index (χ1v) is 7.83. The molecule has 3 rings (SSSR count). The van der Waals surface area contributed by atoms with Crippen LogP contribution in [0, 0.1) is 6.92 Å². The highest BCUT2D eigenvalue weighted by molar-refractivity contribution is 7.14. The number of pyridine rings is 1. The molecule has 0 saturated heterocycles. The maximum Gasteiger partial charge on any atom is 0.203 e. The van der Waals surface area contributed by atoms with Gasteiger partial charge in [-0.3, -0.25) is 10.4 Å². The lowest BCUT2D eigenvalue weighted by Crippen LogP contribution is -1.99. The highest BCUT2D eigenvalue weighted by atomic mass is 32.1. The molecule has 0 spiro atoms. The third-order valence-electron chi connectivity index (χ3n) is 3.25. The Morgan fingerprint density at radius 2 is 2.00 bits per heavy atom. The van der Waals surface area contributed by atoms with E-state index >= 15 is 0 Å². The largest absolute Gasteiger partial charge is 0.264 e. The highest BCUT2D eigenvalue weighted by Gasteiger charge is 2.04. The molecule has 5 heteroatoms. The quantitative estimate of drug-likeness (QED) is 0.576. The molecule has 0 unspecified atom stereocenters. The number of hydrogen-bond acceptors (Lipinski definition) is 5. The van der Waals surface area contributed by atoms with Crippen LogP contribution in [0.4, 0.5) is 5.13 Å². The first-order valence-electron chi connectivity index (χ1n) is 6.95. The standard InChI is InChI=1S/C17H16N4S/c1-12-5-7-14(8-6-12)16-11-22-17(19-16)21-20-13(2)15-4-3-9-18-10-15/h3-11H,1-2H3,(H,19,21)/b20-13-. The summed E-state index contributed by atoms with van der Waals surface area (Å²) in [6.45, 7) is 4.02. The highest BCUT2D eigenvalue weighted by Crippen LogP contribution is 2.25. The molecule has 2 heterocycles. The molecule has 0 bridgehead atoms. The normalized spacial score (nSPS) is 11.5. The van der Waals surface area contributed by atoms with E-state index in [0.717, 1.165) is 27.7 Å². The van der Waals surface area contributed by atoms with Crippen LogP contribution in [-0.4, -0.2) is 15.7 Å². The number of nitrogens with zero attached hydrogens (tertiary/aromatic N) is 3. The molecule has 0 aliphatic carbocycles. The zero-order chi connectivity index (χ0) is 15.4. The van der Waals surface area contributed by atoms with Crippen molar-refractivity contribution in [2.45, 2.75) is 13.8 Å². The van der Waals surface area contributed by atoms with E-state index in [9.17, 15) is 0 Å². The van der Waals surface area contributed by atoms with Crippen LogP contribution in [0.2, 0.25) is 0 Å². The van der Waals surface area contributed by atoms with E-state index in [1.54, 1.807) is 23.7 Å². The fourth-order valence-corrected chi connectivity index (χ4v) is 2.62. The second kappa shape index (κ2) is 6.49. The minimum absolute atomic E-state index is 0.777. The summed E-state index contributed by atoms with van der Waals surface area (Å²) in [6.07, 6.45) is 3.54. The Bertz CT molecular complexity index is 776. The summed E-state index contributed by atoms with van der Waals surface area (Å²) < 4.78 is 0. The topological polar surface area (TPSA) is 50.2 Å². The molecule has 1 aromatic carbocycles. The van der Waals surface area contributed by atoms with Crippen LogP contribution in [0.15, 0.2) is 59.3 Å². The van der Waals surface area contributed by atoms with Gasteiger partial charge in [-0.1, -0.05) is 35.9 Å². The molecular weight excluding hydrogens is 292 g/mol. The van der Waals surface area contributed by atoms with E-state index in [1.165, 1.54) is 5.56 Å². The Morgan fingerprint density at radius 1 is 1.18 bits per heavy atom. The Kier molecular flexibility index (Phi) is 4.25. The molecule has 0 saturated carbocycles. The molecule has 0 atom stereocenters. The van der Waals surface area contributed by atoms with Gasteiger partial charge in [-0.2, -0.15) is 5.10 Å². The molecule has 0 amide bonds. The first kappa shape index (κ1) is 14.4. The van der Waals surface area contributed by atoms with E-state index in [1.807, 2.05) is 24.4 Å². The van der Waals surface area contributed by atoms with Gasteiger partial charge in [0, 0.05) is 28.9 Å². The van der Waals surface area contributed by atoms with Crippen LogP contribution in [0.5, 0.6) is 0 Å². The van der Waals surface area contributed by atoms with Crippen LogP contribution in [-0.2, 0) is 0 Å². The monoisotopic (exact) mass is 308 g/mol. The van der Waals surface area contributed by atoms with Crippen molar-refractivity contribution in [1.82, 2.24) is 9.97 Å². The van der Waals surface area contributed by atoms with Crippen molar-refractivity contribution >= 4 is 22.2 Å². The summed E-state index contributed by atoms with van der Waals surface area (Å²) in [7, 11) is 0. The molecule has 2 aromatic heterocycles. The number of aromatic nitrogens is 2. The van der Waals surface area contributed by atoms with Gasteiger partial charge in [0.1, 0.15) is 0 Å². The molecule has 1 N–H and O–H groups in total. The Balaban J connectivity index is 1.73. The predicted molar refractivity (Wildman–Crippen MR) is 92.4 cm³/mol. The third-order valence-corrected chi connectivity index (χ3v) is 4.00. The number of thiazole rings is 1. The Morgan fingerprint density at radius 3 is 2.73 bits per heavy atom. The van der Waals surface area contributed by atoms with Crippen molar-refractivity contribution in [1.29, 1.82) is 0 Å². The lowest BCUT2D eigenvalue weighted by molar-refractivity contribution is 1.26. The second-order valence-electron chi connectivity index (χ2n) is 4.95. The van der Waals surface area contributed by atoms with Gasteiger partial charge in [-0.25, -0.2) is 4.98 Å². The van der Waals surface area contributed by atoms with Gasteiger partial charge in [0.25, 0.3) is 0 Å². The number of benzene rings is 1. The molecular formula is C17H16N4S. The number of rotatable bonds is 4. The van der Waals surface area contributed by atoms with Gasteiger partial charge in [-0.15, -0.1) is 11.3 Å². The van der Waals surface area contributed by atoms with Gasteiger partial charge < -0.3 is 0 Å². The van der Waals surface area contributed by atoms with Crippen LogP contribution in [0.3, 0.4) is 0 Å². The van der Waals surface area contributed by atoms with Gasteiger partial charge >= 0.3 is 0 Å². The average Bonchev–Trinajstić information content (AvgIpc) is 3.03. The molecule has 0 aliphatic rings. The Labute approximate surface area is 133 Å². The maximum atomic E-state index is 4.56. The lowest BCUT2D eigenvalue weighted by Gasteiger charge is -2.00. The van der Waals surface area contributed by atoms with Crippen LogP contribution in [0.1, 0.15) is 18.1 Å². The summed E-state index contributed by atoms with van der Waals surface area (Å²) in [5, 5.41) is 7.17. The van der Waals surface area contributed by atoms with Crippen molar-refractivity contribution in [3.63, 3.8) is 0 Å². The smallest absolute Gasteiger partial charge is 0.203 e. The summed E-state index contributed by atoms with van der Waals surface area (Å²) in [4.78, 5) is 8.65. The van der Waals surface area contributed by atoms with Crippen molar-refractivity contribution in [3.8, 4) is 11.3 Å². The Hall–Kier alpha value is -2.53. The number of anilines is 1. The molecule has 4 nitrogen and oxygen atoms in total. The van der Waals surface area contributed by atoms with Gasteiger partial charge in [0.15, 0.2) is 0 Å². The molecule has 110 valence electrons. The molecule has 0 fully saturated rings. The van der Waals surface area contributed by atoms with Gasteiger partial charge in [0.2, 0.25) is 5.13 Å². The SMILES string of the molecule is C/C(=N/Nc1nc(-c2ccc(C)cc2)cs1)c1cccnc1. The number of nitrogens with one attached hydrogen (secondary N) is 1. The van der Waals surface area contributed by atoms with E-state index in [4.69, 9.17) is 0 Å². The summed E-state index contributed by atoms with van der Waals surface area (Å²) in [5.74, 6) is 0. The van der Waals surface area contributed by atoms with E-state index in [-0.39, 0.29) is 0 Å². The van der Waals surface area contributed by atoms with E-state index in [0.29, 0.717) is 0 Å². The predicted octanol–water partition coefficient (Wildman–Crippen LogP) is 4.35. The van der Waals surface area contributed by atoms with E-state index in [2.05, 4.69) is 51.7 Å². The van der Waals surface area contributed by atoms with Crippen LogP contribution in [0.25, 0.3) is 11.3 Å². The third kappa shape index (κ3) is 3.38. The van der Waals surface area contributed by atoms with Crippen LogP contribution < -0.4 is 5.43 Å². The minimum atomic E-state index is 0.777. The fraction of sp³-hybridized carbons (Fsp3) is 0.118. The summed E-state index contributed by atoms with van der Waals surface area (Å²) in [5.41, 5.74) is 8.20. The zero-order valence-electron chi connectivity index (χ0n) is 12.4. The average molecular weight is 308 g/mol. The molecule has 0 radical (unpaired) electrons. The summed E-state index contributed by atoms with van der Waals surface area (Å²) >= 11 is 1.54. The van der Waals surface area contributed by atoms with Crippen molar-refractivity contribution < 1.29 is 0 Å². The number of hydrazone groups is 1. The first-order chi connectivity index (χ1) is 10.7. The van der Waals surface area contributed by atoms with Gasteiger partial charge in [0.05, 0.1) is 11.4 Å². The lowest BCUT2D eigenvalue weighted by atomic mass is 10.1. The molecule has 0 aliphatic heterocycles.